The van der Waals surface area contributed by atoms with Crippen molar-refractivity contribution in [3.63, 3.8) is 0 Å². The molecule has 1 aromatic carbocycles. The molecule has 0 radical (unpaired) electrons. The second-order valence-corrected chi connectivity index (χ2v) is 5.89. The van der Waals surface area contributed by atoms with Crippen LogP contribution in [0, 0.1) is 0 Å². The average Bonchev–Trinajstić information content (AvgIpc) is 2.99. The number of carbonyl (C=O) groups is 1. The summed E-state index contributed by atoms with van der Waals surface area (Å²) in [5.41, 5.74) is 8.89. The summed E-state index contributed by atoms with van der Waals surface area (Å²) in [6.45, 7) is 1.43. The zero-order valence-electron chi connectivity index (χ0n) is 14.7. The van der Waals surface area contributed by atoms with Crippen LogP contribution in [-0.2, 0) is 11.3 Å². The molecule has 0 aliphatic carbocycles. The number of esters is 1. The van der Waals surface area contributed by atoms with E-state index in [0.29, 0.717) is 29.3 Å². The van der Waals surface area contributed by atoms with E-state index in [0.717, 1.165) is 6.54 Å². The standard InChI is InChI=1S/C18H20N6O2/c1-23-9-3-4-13(11-23)12-24-17(19)16(10-20-24)22-21-15-7-5-14(6-8-15)18(25)26-2/h3-10H,11-12,19H2,1-2H3. The van der Waals surface area contributed by atoms with Crippen LogP contribution in [0.5, 0.6) is 0 Å². The number of nitrogens with zero attached hydrogens (tertiary/aromatic N) is 5. The molecule has 2 aromatic rings. The molecule has 1 aromatic heterocycles. The zero-order chi connectivity index (χ0) is 18.5. The molecule has 26 heavy (non-hydrogen) atoms. The van der Waals surface area contributed by atoms with Crippen LogP contribution in [0.1, 0.15) is 10.4 Å². The fourth-order valence-corrected chi connectivity index (χ4v) is 2.53. The highest BCUT2D eigenvalue weighted by molar-refractivity contribution is 5.89. The van der Waals surface area contributed by atoms with Crippen LogP contribution in [0.4, 0.5) is 17.2 Å². The summed E-state index contributed by atoms with van der Waals surface area (Å²) in [5, 5.41) is 12.6. The van der Waals surface area contributed by atoms with E-state index < -0.39 is 5.97 Å². The molecule has 0 bridgehead atoms. The van der Waals surface area contributed by atoms with Gasteiger partial charge in [0.1, 0.15) is 11.5 Å². The molecule has 8 nitrogen and oxygen atoms in total. The Balaban J connectivity index is 1.70. The normalized spacial score (nSPS) is 13.9. The molecule has 2 N–H and O–H groups in total. The maximum absolute atomic E-state index is 11.4. The van der Waals surface area contributed by atoms with Crippen molar-refractivity contribution in [3.05, 3.63) is 60.0 Å². The number of methoxy groups -OCH3 is 1. The number of ether oxygens (including phenoxy) is 1. The van der Waals surface area contributed by atoms with E-state index in [4.69, 9.17) is 5.73 Å². The number of nitrogen functional groups attached to an aromatic ring is 1. The Labute approximate surface area is 151 Å². The Morgan fingerprint density at radius 3 is 2.77 bits per heavy atom. The lowest BCUT2D eigenvalue weighted by atomic mass is 10.2. The number of hydrogen-bond acceptors (Lipinski definition) is 7. The van der Waals surface area contributed by atoms with Crippen molar-refractivity contribution in [3.8, 4) is 0 Å². The first-order valence-electron chi connectivity index (χ1n) is 8.04. The maximum atomic E-state index is 11.4. The van der Waals surface area contributed by atoms with E-state index in [9.17, 15) is 4.79 Å². The van der Waals surface area contributed by atoms with Crippen LogP contribution < -0.4 is 5.73 Å². The van der Waals surface area contributed by atoms with E-state index in [1.807, 2.05) is 19.3 Å². The number of aromatic nitrogens is 2. The summed E-state index contributed by atoms with van der Waals surface area (Å²) in [6.07, 6.45) is 7.66. The highest BCUT2D eigenvalue weighted by atomic mass is 16.5. The van der Waals surface area contributed by atoms with Crippen LogP contribution in [0.25, 0.3) is 0 Å². The van der Waals surface area contributed by atoms with Crippen molar-refractivity contribution in [2.45, 2.75) is 6.54 Å². The zero-order valence-corrected chi connectivity index (χ0v) is 14.7. The monoisotopic (exact) mass is 352 g/mol. The number of nitrogens with two attached hydrogens (primary N) is 1. The molecule has 0 fully saturated rings. The van der Waals surface area contributed by atoms with Gasteiger partial charge in [0.25, 0.3) is 0 Å². The molecule has 0 unspecified atom stereocenters. The van der Waals surface area contributed by atoms with Gasteiger partial charge in [-0.25, -0.2) is 9.48 Å². The number of benzene rings is 1. The number of carbonyl (C=O) groups excluding carboxylic acids is 1. The Morgan fingerprint density at radius 1 is 1.31 bits per heavy atom. The molecular weight excluding hydrogens is 332 g/mol. The van der Waals surface area contributed by atoms with Gasteiger partial charge in [0.15, 0.2) is 0 Å². The summed E-state index contributed by atoms with van der Waals surface area (Å²) >= 11 is 0. The Kier molecular flexibility index (Phi) is 5.12. The highest BCUT2D eigenvalue weighted by Gasteiger charge is 2.11. The third-order valence-corrected chi connectivity index (χ3v) is 3.90. The largest absolute Gasteiger partial charge is 0.465 e. The molecule has 0 saturated carbocycles. The van der Waals surface area contributed by atoms with Gasteiger partial charge in [-0.2, -0.15) is 10.2 Å². The van der Waals surface area contributed by atoms with Crippen molar-refractivity contribution >= 4 is 23.2 Å². The first-order valence-corrected chi connectivity index (χ1v) is 8.04. The fourth-order valence-electron chi connectivity index (χ4n) is 2.53. The summed E-state index contributed by atoms with van der Waals surface area (Å²) in [7, 11) is 3.36. The first-order chi connectivity index (χ1) is 12.6. The van der Waals surface area contributed by atoms with Gasteiger partial charge in [0.2, 0.25) is 0 Å². The summed E-state index contributed by atoms with van der Waals surface area (Å²) in [5.74, 6) is 0.0644. The fraction of sp³-hybridized carbons (Fsp3) is 0.222. The van der Waals surface area contributed by atoms with Crippen molar-refractivity contribution in [1.29, 1.82) is 0 Å². The van der Waals surface area contributed by atoms with Crippen LogP contribution in [0.3, 0.4) is 0 Å². The number of azo groups is 1. The van der Waals surface area contributed by atoms with Crippen LogP contribution in [0.15, 0.2) is 64.6 Å². The molecule has 0 spiro atoms. The van der Waals surface area contributed by atoms with Crippen molar-refractivity contribution in [1.82, 2.24) is 14.7 Å². The van der Waals surface area contributed by atoms with Gasteiger partial charge in [0.05, 0.1) is 31.1 Å². The molecule has 0 atom stereocenters. The van der Waals surface area contributed by atoms with Crippen molar-refractivity contribution in [2.75, 3.05) is 26.4 Å². The Morgan fingerprint density at radius 2 is 2.08 bits per heavy atom. The smallest absolute Gasteiger partial charge is 0.337 e. The van der Waals surface area contributed by atoms with Gasteiger partial charge in [-0.1, -0.05) is 6.08 Å². The molecule has 0 saturated heterocycles. The van der Waals surface area contributed by atoms with Crippen LogP contribution in [-0.4, -0.2) is 41.4 Å². The molecule has 2 heterocycles. The third-order valence-electron chi connectivity index (χ3n) is 3.90. The van der Waals surface area contributed by atoms with E-state index in [1.54, 1.807) is 35.1 Å². The third kappa shape index (κ3) is 3.97. The maximum Gasteiger partial charge on any atom is 0.337 e. The van der Waals surface area contributed by atoms with E-state index in [-0.39, 0.29) is 0 Å². The molecule has 1 aliphatic heterocycles. The van der Waals surface area contributed by atoms with Crippen LogP contribution >= 0.6 is 0 Å². The van der Waals surface area contributed by atoms with Gasteiger partial charge < -0.3 is 15.4 Å². The van der Waals surface area contributed by atoms with Crippen molar-refractivity contribution < 1.29 is 9.53 Å². The summed E-state index contributed by atoms with van der Waals surface area (Å²) < 4.78 is 6.36. The lowest BCUT2D eigenvalue weighted by Gasteiger charge is -2.20. The lowest BCUT2D eigenvalue weighted by molar-refractivity contribution is 0.0601. The van der Waals surface area contributed by atoms with Gasteiger partial charge in [-0.3, -0.25) is 0 Å². The van der Waals surface area contributed by atoms with Gasteiger partial charge in [-0.05, 0) is 42.1 Å². The quantitative estimate of drug-likeness (QED) is 0.659. The Hall–Kier alpha value is -3.42. The number of likely N-dealkylation sites (N-methyl/N-ethyl adjacent to an activating group) is 1. The number of rotatable bonds is 5. The molecule has 0 amide bonds. The van der Waals surface area contributed by atoms with Crippen LogP contribution in [0.2, 0.25) is 0 Å². The lowest BCUT2D eigenvalue weighted by Crippen LogP contribution is -2.20. The van der Waals surface area contributed by atoms with E-state index in [1.165, 1.54) is 12.7 Å². The molecule has 1 aliphatic rings. The SMILES string of the molecule is COC(=O)c1ccc(N=Nc2cnn(CC3=CC=CN(C)C3)c2N)cc1. The van der Waals surface area contributed by atoms with Gasteiger partial charge in [-0.15, -0.1) is 5.11 Å². The van der Waals surface area contributed by atoms with Crippen molar-refractivity contribution in [2.24, 2.45) is 10.2 Å². The topological polar surface area (TPSA) is 98.1 Å². The van der Waals surface area contributed by atoms with Gasteiger partial charge >= 0.3 is 5.97 Å². The highest BCUT2D eigenvalue weighted by Crippen LogP contribution is 2.25. The molecular formula is C18H20N6O2. The minimum atomic E-state index is -0.392. The minimum absolute atomic E-state index is 0.392. The van der Waals surface area contributed by atoms with E-state index in [2.05, 4.69) is 31.0 Å². The van der Waals surface area contributed by atoms with E-state index >= 15 is 0 Å². The second-order valence-electron chi connectivity index (χ2n) is 5.89. The first kappa shape index (κ1) is 17.4. The predicted octanol–water partition coefficient (Wildman–Crippen LogP) is 3.05. The number of allylic oxidation sites excluding steroid dienone is 2. The predicted molar refractivity (Wildman–Crippen MR) is 98.4 cm³/mol. The summed E-state index contributed by atoms with van der Waals surface area (Å²) in [6, 6.07) is 6.63. The minimum Gasteiger partial charge on any atom is -0.465 e. The average molecular weight is 352 g/mol. The van der Waals surface area contributed by atoms with Gasteiger partial charge in [0, 0.05) is 13.6 Å². The Bertz CT molecular complexity index is 880. The number of anilines is 1. The molecule has 134 valence electrons. The molecule has 3 rings (SSSR count). The summed E-state index contributed by atoms with van der Waals surface area (Å²) in [4.78, 5) is 13.5. The number of hydrogen-bond donors (Lipinski definition) is 1. The molecule has 8 heteroatoms. The second kappa shape index (κ2) is 7.64.